The van der Waals surface area contributed by atoms with Crippen LogP contribution >= 0.6 is 0 Å². The van der Waals surface area contributed by atoms with Crippen LogP contribution in [0.2, 0.25) is 0 Å². The van der Waals surface area contributed by atoms with Gasteiger partial charge in [0, 0.05) is 11.8 Å². The largest absolute Gasteiger partial charge is 0.493 e. The zero-order chi connectivity index (χ0) is 18.4. The van der Waals surface area contributed by atoms with E-state index in [-0.39, 0.29) is 6.61 Å². The Balaban J connectivity index is 1.94. The van der Waals surface area contributed by atoms with Gasteiger partial charge in [0.25, 0.3) is 5.91 Å². The van der Waals surface area contributed by atoms with Gasteiger partial charge in [0.05, 0.1) is 19.8 Å². The topological polar surface area (TPSA) is 73.9 Å². The number of carbonyl (C=O) groups excluding carboxylic acids is 2. The van der Waals surface area contributed by atoms with Gasteiger partial charge in [-0.3, -0.25) is 4.79 Å². The van der Waals surface area contributed by atoms with Crippen molar-refractivity contribution in [3.05, 3.63) is 53.1 Å². The first-order valence-electron chi connectivity index (χ1n) is 7.71. The summed E-state index contributed by atoms with van der Waals surface area (Å²) in [6.07, 6.45) is 0. The first kappa shape index (κ1) is 18.3. The van der Waals surface area contributed by atoms with Gasteiger partial charge in [-0.05, 0) is 49.2 Å². The Kier molecular flexibility index (Phi) is 6.00. The maximum Gasteiger partial charge on any atom is 0.338 e. The van der Waals surface area contributed by atoms with Crippen LogP contribution in [0.5, 0.6) is 11.5 Å². The average Bonchev–Trinajstić information content (AvgIpc) is 2.61. The SMILES string of the molecule is COc1ccc(NC(=O)COC(=O)c2ccc(C)c(C)c2)cc1OC. The van der Waals surface area contributed by atoms with Gasteiger partial charge in [-0.15, -0.1) is 0 Å². The molecular formula is C19H21NO5. The normalized spacial score (nSPS) is 10.1. The molecule has 0 aromatic heterocycles. The summed E-state index contributed by atoms with van der Waals surface area (Å²) >= 11 is 0. The minimum Gasteiger partial charge on any atom is -0.493 e. The maximum atomic E-state index is 12.0. The van der Waals surface area contributed by atoms with Crippen molar-refractivity contribution in [3.63, 3.8) is 0 Å². The third-order valence-electron chi connectivity index (χ3n) is 3.74. The monoisotopic (exact) mass is 343 g/mol. The summed E-state index contributed by atoms with van der Waals surface area (Å²) in [7, 11) is 3.04. The van der Waals surface area contributed by atoms with E-state index in [1.807, 2.05) is 19.9 Å². The lowest BCUT2D eigenvalue weighted by atomic mass is 10.1. The Morgan fingerprint density at radius 1 is 0.920 bits per heavy atom. The van der Waals surface area contributed by atoms with E-state index in [4.69, 9.17) is 14.2 Å². The van der Waals surface area contributed by atoms with Crippen molar-refractivity contribution in [2.45, 2.75) is 13.8 Å². The Labute approximate surface area is 146 Å². The zero-order valence-corrected chi connectivity index (χ0v) is 14.7. The molecule has 0 saturated heterocycles. The van der Waals surface area contributed by atoms with E-state index in [0.29, 0.717) is 22.7 Å². The molecule has 2 aromatic rings. The number of carbonyl (C=O) groups is 2. The molecule has 2 aromatic carbocycles. The van der Waals surface area contributed by atoms with Crippen LogP contribution in [0.3, 0.4) is 0 Å². The highest BCUT2D eigenvalue weighted by Crippen LogP contribution is 2.29. The summed E-state index contributed by atoms with van der Waals surface area (Å²) < 4.78 is 15.4. The number of hydrogen-bond donors (Lipinski definition) is 1. The second-order valence-corrected chi connectivity index (χ2v) is 5.49. The van der Waals surface area contributed by atoms with Gasteiger partial charge in [-0.25, -0.2) is 4.79 Å². The summed E-state index contributed by atoms with van der Waals surface area (Å²) in [5.41, 5.74) is 3.01. The van der Waals surface area contributed by atoms with E-state index >= 15 is 0 Å². The number of hydrogen-bond acceptors (Lipinski definition) is 5. The Morgan fingerprint density at radius 3 is 2.28 bits per heavy atom. The zero-order valence-electron chi connectivity index (χ0n) is 14.7. The number of nitrogens with one attached hydrogen (secondary N) is 1. The molecule has 0 unspecified atom stereocenters. The van der Waals surface area contributed by atoms with Crippen LogP contribution in [0.15, 0.2) is 36.4 Å². The van der Waals surface area contributed by atoms with E-state index in [0.717, 1.165) is 11.1 Å². The van der Waals surface area contributed by atoms with Crippen LogP contribution in [0.25, 0.3) is 0 Å². The van der Waals surface area contributed by atoms with Crippen LogP contribution in [-0.2, 0) is 9.53 Å². The third-order valence-corrected chi connectivity index (χ3v) is 3.74. The van der Waals surface area contributed by atoms with Crippen molar-refractivity contribution in [3.8, 4) is 11.5 Å². The first-order valence-corrected chi connectivity index (χ1v) is 7.71. The second kappa shape index (κ2) is 8.19. The third kappa shape index (κ3) is 4.73. The smallest absolute Gasteiger partial charge is 0.338 e. The van der Waals surface area contributed by atoms with Crippen molar-refractivity contribution in [1.82, 2.24) is 0 Å². The minimum absolute atomic E-state index is 0.375. The van der Waals surface area contributed by atoms with Crippen molar-refractivity contribution in [2.24, 2.45) is 0 Å². The number of esters is 1. The molecule has 25 heavy (non-hydrogen) atoms. The van der Waals surface area contributed by atoms with Crippen LogP contribution in [-0.4, -0.2) is 32.7 Å². The molecule has 0 radical (unpaired) electrons. The maximum absolute atomic E-state index is 12.0. The summed E-state index contributed by atoms with van der Waals surface area (Å²) in [5, 5.41) is 2.64. The van der Waals surface area contributed by atoms with Gasteiger partial charge in [0.2, 0.25) is 0 Å². The van der Waals surface area contributed by atoms with Crippen molar-refractivity contribution >= 4 is 17.6 Å². The van der Waals surface area contributed by atoms with E-state index < -0.39 is 11.9 Å². The number of anilines is 1. The predicted octanol–water partition coefficient (Wildman–Crippen LogP) is 3.12. The first-order chi connectivity index (χ1) is 11.9. The second-order valence-electron chi connectivity index (χ2n) is 5.49. The van der Waals surface area contributed by atoms with Gasteiger partial charge in [0.15, 0.2) is 18.1 Å². The number of methoxy groups -OCH3 is 2. The molecule has 0 spiro atoms. The van der Waals surface area contributed by atoms with Gasteiger partial charge >= 0.3 is 5.97 Å². The van der Waals surface area contributed by atoms with Gasteiger partial charge in [0.1, 0.15) is 0 Å². The van der Waals surface area contributed by atoms with E-state index in [2.05, 4.69) is 5.32 Å². The van der Waals surface area contributed by atoms with Crippen LogP contribution in [0, 0.1) is 13.8 Å². The van der Waals surface area contributed by atoms with Crippen molar-refractivity contribution < 1.29 is 23.8 Å². The molecule has 6 nitrogen and oxygen atoms in total. The number of rotatable bonds is 6. The van der Waals surface area contributed by atoms with Crippen LogP contribution in [0.1, 0.15) is 21.5 Å². The highest BCUT2D eigenvalue weighted by molar-refractivity contribution is 5.95. The molecule has 0 aliphatic rings. The number of ether oxygens (including phenoxy) is 3. The quantitative estimate of drug-likeness (QED) is 0.816. The molecule has 2 rings (SSSR count). The molecule has 0 heterocycles. The van der Waals surface area contributed by atoms with E-state index in [1.165, 1.54) is 14.2 Å². The van der Waals surface area contributed by atoms with Gasteiger partial charge in [-0.2, -0.15) is 0 Å². The molecule has 0 saturated carbocycles. The summed E-state index contributed by atoms with van der Waals surface area (Å²) in [6.45, 7) is 3.50. The Morgan fingerprint density at radius 2 is 1.64 bits per heavy atom. The standard InChI is InChI=1S/C19H21NO5/c1-12-5-6-14(9-13(12)2)19(22)25-11-18(21)20-15-7-8-16(23-3)17(10-15)24-4/h5-10H,11H2,1-4H3,(H,20,21). The molecular weight excluding hydrogens is 322 g/mol. The molecule has 1 amide bonds. The molecule has 0 fully saturated rings. The van der Waals surface area contributed by atoms with Crippen LogP contribution < -0.4 is 14.8 Å². The van der Waals surface area contributed by atoms with Crippen molar-refractivity contribution in [2.75, 3.05) is 26.1 Å². The highest BCUT2D eigenvalue weighted by atomic mass is 16.5. The predicted molar refractivity (Wildman–Crippen MR) is 94.4 cm³/mol. The molecule has 0 aliphatic carbocycles. The average molecular weight is 343 g/mol. The Bertz CT molecular complexity index is 785. The highest BCUT2D eigenvalue weighted by Gasteiger charge is 2.12. The van der Waals surface area contributed by atoms with Crippen LogP contribution in [0.4, 0.5) is 5.69 Å². The van der Waals surface area contributed by atoms with E-state index in [9.17, 15) is 9.59 Å². The Hall–Kier alpha value is -3.02. The molecule has 0 bridgehead atoms. The lowest BCUT2D eigenvalue weighted by Crippen LogP contribution is -2.21. The fourth-order valence-electron chi connectivity index (χ4n) is 2.19. The molecule has 132 valence electrons. The summed E-state index contributed by atoms with van der Waals surface area (Å²) in [4.78, 5) is 24.0. The van der Waals surface area contributed by atoms with Gasteiger partial charge in [-0.1, -0.05) is 6.07 Å². The molecule has 1 N–H and O–H groups in total. The van der Waals surface area contributed by atoms with Gasteiger partial charge < -0.3 is 19.5 Å². The minimum atomic E-state index is -0.537. The molecule has 6 heteroatoms. The summed E-state index contributed by atoms with van der Waals surface area (Å²) in [5.74, 6) is 0.0732. The number of amides is 1. The lowest BCUT2D eigenvalue weighted by Gasteiger charge is -2.11. The number of benzene rings is 2. The summed E-state index contributed by atoms with van der Waals surface area (Å²) in [6, 6.07) is 10.2. The fourth-order valence-corrected chi connectivity index (χ4v) is 2.19. The lowest BCUT2D eigenvalue weighted by molar-refractivity contribution is -0.119. The van der Waals surface area contributed by atoms with E-state index in [1.54, 1.807) is 30.3 Å². The fraction of sp³-hybridized carbons (Fsp3) is 0.263. The molecule has 0 atom stereocenters. The number of aryl methyl sites for hydroxylation is 2. The van der Waals surface area contributed by atoms with Crippen molar-refractivity contribution in [1.29, 1.82) is 0 Å². The molecule has 0 aliphatic heterocycles.